The van der Waals surface area contributed by atoms with Crippen molar-refractivity contribution in [3.63, 3.8) is 0 Å². The summed E-state index contributed by atoms with van der Waals surface area (Å²) < 4.78 is 25.0. The molecule has 1 saturated carbocycles. The maximum Gasteiger partial charge on any atom is 0.229 e. The summed E-state index contributed by atoms with van der Waals surface area (Å²) in [6, 6.07) is 6.29. The smallest absolute Gasteiger partial charge is 0.229 e. The molecule has 0 saturated heterocycles. The lowest BCUT2D eigenvalue weighted by Gasteiger charge is -2.19. The fourth-order valence-corrected chi connectivity index (χ4v) is 2.96. The predicted molar refractivity (Wildman–Crippen MR) is 80.1 cm³/mol. The summed E-state index contributed by atoms with van der Waals surface area (Å²) in [5.74, 6) is 0.805. The second kappa shape index (κ2) is 5.41. The molecule has 0 aliphatic heterocycles. The Morgan fingerprint density at radius 2 is 2.05 bits per heavy atom. The molecule has 4 nitrogen and oxygen atoms in total. The van der Waals surface area contributed by atoms with Crippen molar-refractivity contribution in [2.45, 2.75) is 39.2 Å². The van der Waals surface area contributed by atoms with Crippen LogP contribution in [0.25, 0.3) is 0 Å². The average molecular weight is 282 g/mol. The van der Waals surface area contributed by atoms with Gasteiger partial charge in [0.2, 0.25) is 10.0 Å². The van der Waals surface area contributed by atoms with Gasteiger partial charge in [0.15, 0.2) is 0 Å². The highest BCUT2D eigenvalue weighted by molar-refractivity contribution is 7.92. The molecule has 0 bridgehead atoms. The molecule has 1 aromatic rings. The first kappa shape index (κ1) is 14.2. The van der Waals surface area contributed by atoms with Crippen LogP contribution < -0.4 is 10.0 Å². The molecule has 2 N–H and O–H groups in total. The van der Waals surface area contributed by atoms with E-state index in [0.29, 0.717) is 11.7 Å². The number of nitrogens with one attached hydrogen (secondary N) is 2. The molecular formula is C14H22N2O2S. The highest BCUT2D eigenvalue weighted by Gasteiger charge is 2.29. The SMILES string of the molecule is CCC(Nc1ccc(NS(C)(=O)=O)c(C)c1)C1CC1. The van der Waals surface area contributed by atoms with Gasteiger partial charge in [0.25, 0.3) is 0 Å². The zero-order valence-electron chi connectivity index (χ0n) is 11.7. The van der Waals surface area contributed by atoms with Gasteiger partial charge in [-0.1, -0.05) is 6.92 Å². The van der Waals surface area contributed by atoms with Crippen LogP contribution in [0.1, 0.15) is 31.7 Å². The summed E-state index contributed by atoms with van der Waals surface area (Å²) in [4.78, 5) is 0. The fraction of sp³-hybridized carbons (Fsp3) is 0.571. The zero-order chi connectivity index (χ0) is 14.0. The molecule has 1 aromatic carbocycles. The van der Waals surface area contributed by atoms with Gasteiger partial charge in [-0.3, -0.25) is 4.72 Å². The molecule has 0 amide bonds. The molecule has 1 aliphatic rings. The Morgan fingerprint density at radius 1 is 1.37 bits per heavy atom. The Kier molecular flexibility index (Phi) is 4.04. The summed E-state index contributed by atoms with van der Waals surface area (Å²) >= 11 is 0. The number of aryl methyl sites for hydroxylation is 1. The van der Waals surface area contributed by atoms with Gasteiger partial charge in [0.05, 0.1) is 11.9 Å². The van der Waals surface area contributed by atoms with Crippen molar-refractivity contribution in [1.82, 2.24) is 0 Å². The van der Waals surface area contributed by atoms with Crippen LogP contribution in [-0.4, -0.2) is 20.7 Å². The largest absolute Gasteiger partial charge is 0.382 e. The molecular weight excluding hydrogens is 260 g/mol. The van der Waals surface area contributed by atoms with Crippen LogP contribution in [0.3, 0.4) is 0 Å². The van der Waals surface area contributed by atoms with E-state index in [-0.39, 0.29) is 0 Å². The normalized spacial score (nSPS) is 17.0. The van der Waals surface area contributed by atoms with E-state index in [1.165, 1.54) is 19.1 Å². The van der Waals surface area contributed by atoms with E-state index in [1.807, 2.05) is 25.1 Å². The van der Waals surface area contributed by atoms with Gasteiger partial charge in [-0.05, 0) is 55.9 Å². The van der Waals surface area contributed by atoms with Crippen LogP contribution in [0.15, 0.2) is 18.2 Å². The third kappa shape index (κ3) is 4.13. The number of rotatable bonds is 6. The Morgan fingerprint density at radius 3 is 2.53 bits per heavy atom. The van der Waals surface area contributed by atoms with Crippen LogP contribution in [0, 0.1) is 12.8 Å². The van der Waals surface area contributed by atoms with E-state index in [0.717, 1.165) is 23.6 Å². The number of benzene rings is 1. The van der Waals surface area contributed by atoms with Gasteiger partial charge in [-0.15, -0.1) is 0 Å². The highest BCUT2D eigenvalue weighted by atomic mass is 32.2. The summed E-state index contributed by atoms with van der Waals surface area (Å²) in [6.07, 6.45) is 4.92. The lowest BCUT2D eigenvalue weighted by Crippen LogP contribution is -2.20. The molecule has 5 heteroatoms. The van der Waals surface area contributed by atoms with Crippen LogP contribution in [0.4, 0.5) is 11.4 Å². The minimum Gasteiger partial charge on any atom is -0.382 e. The number of anilines is 2. The van der Waals surface area contributed by atoms with Crippen LogP contribution in [0.2, 0.25) is 0 Å². The van der Waals surface area contributed by atoms with E-state index >= 15 is 0 Å². The van der Waals surface area contributed by atoms with Crippen molar-refractivity contribution in [2.24, 2.45) is 5.92 Å². The van der Waals surface area contributed by atoms with Crippen molar-refractivity contribution in [2.75, 3.05) is 16.3 Å². The van der Waals surface area contributed by atoms with E-state index < -0.39 is 10.0 Å². The number of hydrogen-bond donors (Lipinski definition) is 2. The molecule has 1 unspecified atom stereocenters. The van der Waals surface area contributed by atoms with E-state index in [1.54, 1.807) is 0 Å². The summed E-state index contributed by atoms with van der Waals surface area (Å²) in [7, 11) is -3.21. The number of hydrogen-bond acceptors (Lipinski definition) is 3. The molecule has 2 rings (SSSR count). The van der Waals surface area contributed by atoms with E-state index in [4.69, 9.17) is 0 Å². The third-order valence-electron chi connectivity index (χ3n) is 3.50. The van der Waals surface area contributed by atoms with Gasteiger partial charge >= 0.3 is 0 Å². The lowest BCUT2D eigenvalue weighted by molar-refractivity contribution is 0.606. The zero-order valence-corrected chi connectivity index (χ0v) is 12.5. The second-order valence-electron chi connectivity index (χ2n) is 5.40. The molecule has 1 atom stereocenters. The second-order valence-corrected chi connectivity index (χ2v) is 7.15. The molecule has 0 heterocycles. The minimum atomic E-state index is -3.21. The van der Waals surface area contributed by atoms with Crippen molar-refractivity contribution in [3.8, 4) is 0 Å². The van der Waals surface area contributed by atoms with Gasteiger partial charge in [0, 0.05) is 11.7 Å². The molecule has 0 aromatic heterocycles. The van der Waals surface area contributed by atoms with E-state index in [9.17, 15) is 8.42 Å². The summed E-state index contributed by atoms with van der Waals surface area (Å²) in [6.45, 7) is 4.11. The third-order valence-corrected chi connectivity index (χ3v) is 4.10. The quantitative estimate of drug-likeness (QED) is 0.843. The molecule has 0 spiro atoms. The molecule has 0 radical (unpaired) electrons. The van der Waals surface area contributed by atoms with Crippen LogP contribution in [-0.2, 0) is 10.0 Å². The van der Waals surface area contributed by atoms with Crippen LogP contribution in [0.5, 0.6) is 0 Å². The van der Waals surface area contributed by atoms with Crippen molar-refractivity contribution >= 4 is 21.4 Å². The molecule has 1 aliphatic carbocycles. The van der Waals surface area contributed by atoms with Gasteiger partial charge < -0.3 is 5.32 Å². The standard InChI is InChI=1S/C14H22N2O2S/c1-4-13(11-5-6-11)15-12-7-8-14(10(2)9-12)16-19(3,17)18/h7-9,11,13,15-16H,4-6H2,1-3H3. The first-order chi connectivity index (χ1) is 8.89. The van der Waals surface area contributed by atoms with E-state index in [2.05, 4.69) is 17.0 Å². The maximum absolute atomic E-state index is 11.2. The lowest BCUT2D eigenvalue weighted by atomic mass is 10.1. The molecule has 106 valence electrons. The molecule has 1 fully saturated rings. The number of sulfonamides is 1. The van der Waals surface area contributed by atoms with Crippen LogP contribution >= 0.6 is 0 Å². The predicted octanol–water partition coefficient (Wildman–Crippen LogP) is 2.97. The first-order valence-corrected chi connectivity index (χ1v) is 8.63. The van der Waals surface area contributed by atoms with Gasteiger partial charge in [0.1, 0.15) is 0 Å². The van der Waals surface area contributed by atoms with Crippen molar-refractivity contribution in [3.05, 3.63) is 23.8 Å². The Hall–Kier alpha value is -1.23. The Bertz CT molecular complexity index is 551. The topological polar surface area (TPSA) is 58.2 Å². The monoisotopic (exact) mass is 282 g/mol. The highest BCUT2D eigenvalue weighted by Crippen LogP contribution is 2.36. The minimum absolute atomic E-state index is 0.535. The Balaban J connectivity index is 2.09. The van der Waals surface area contributed by atoms with Crippen molar-refractivity contribution < 1.29 is 8.42 Å². The molecule has 19 heavy (non-hydrogen) atoms. The first-order valence-electron chi connectivity index (χ1n) is 6.74. The maximum atomic E-state index is 11.2. The summed E-state index contributed by atoms with van der Waals surface area (Å²) in [5.41, 5.74) is 2.64. The van der Waals surface area contributed by atoms with Crippen molar-refractivity contribution in [1.29, 1.82) is 0 Å². The average Bonchev–Trinajstić information content (AvgIpc) is 3.12. The summed E-state index contributed by atoms with van der Waals surface area (Å²) in [5, 5.41) is 3.54. The van der Waals surface area contributed by atoms with Gasteiger partial charge in [-0.2, -0.15) is 0 Å². The van der Waals surface area contributed by atoms with Gasteiger partial charge in [-0.25, -0.2) is 8.42 Å². The Labute approximate surface area is 115 Å². The fourth-order valence-electron chi connectivity index (χ4n) is 2.33.